The molecule has 3 heterocycles. The van der Waals surface area contributed by atoms with Crippen LogP contribution in [-0.2, 0) is 11.0 Å². The Hall–Kier alpha value is -1.20. The standard InChI is InChI=1S/C13H19N4O2PS/c1-20(2,18)8-5-11-14-10(9-21-11)12-15-13(16-19-12)17-6-3-4-7-17/h9H,3-8H2,1-2H3. The molecule has 0 saturated carbocycles. The molecule has 1 aliphatic rings. The summed E-state index contributed by atoms with van der Waals surface area (Å²) in [5.74, 6) is 1.12. The number of anilines is 1. The van der Waals surface area contributed by atoms with E-state index in [1.165, 1.54) is 12.8 Å². The quantitative estimate of drug-likeness (QED) is 0.787. The second-order valence-electron chi connectivity index (χ2n) is 5.77. The average molecular weight is 326 g/mol. The lowest BCUT2D eigenvalue weighted by molar-refractivity contribution is 0.429. The van der Waals surface area contributed by atoms with Crippen LogP contribution in [0.15, 0.2) is 9.90 Å². The zero-order chi connectivity index (χ0) is 14.9. The number of aryl methyl sites for hydroxylation is 1. The first kappa shape index (κ1) is 14.7. The van der Waals surface area contributed by atoms with E-state index in [1.807, 2.05) is 18.7 Å². The van der Waals surface area contributed by atoms with Crippen LogP contribution in [0, 0.1) is 0 Å². The number of thiazole rings is 1. The first-order valence-corrected chi connectivity index (χ1v) is 10.8. The summed E-state index contributed by atoms with van der Waals surface area (Å²) < 4.78 is 17.1. The molecule has 6 nitrogen and oxygen atoms in total. The highest BCUT2D eigenvalue weighted by Crippen LogP contribution is 2.36. The third-order valence-corrected chi connectivity index (χ3v) is 5.65. The fourth-order valence-corrected chi connectivity index (χ4v) is 3.93. The summed E-state index contributed by atoms with van der Waals surface area (Å²) in [6, 6.07) is 0. The van der Waals surface area contributed by atoms with Gasteiger partial charge in [0.25, 0.3) is 11.8 Å². The first-order chi connectivity index (χ1) is 10.0. The lowest BCUT2D eigenvalue weighted by Crippen LogP contribution is -2.18. The summed E-state index contributed by atoms with van der Waals surface area (Å²) in [4.78, 5) is 11.1. The molecule has 0 unspecified atom stereocenters. The van der Waals surface area contributed by atoms with Gasteiger partial charge in [0.2, 0.25) is 0 Å². The number of aromatic nitrogens is 3. The molecule has 0 amide bonds. The van der Waals surface area contributed by atoms with Crippen LogP contribution in [0.1, 0.15) is 17.8 Å². The van der Waals surface area contributed by atoms with Gasteiger partial charge in [0, 0.05) is 31.1 Å². The predicted molar refractivity (Wildman–Crippen MR) is 84.9 cm³/mol. The zero-order valence-corrected chi connectivity index (χ0v) is 14.0. The zero-order valence-electron chi connectivity index (χ0n) is 12.3. The molecule has 0 spiro atoms. The molecule has 0 aliphatic carbocycles. The maximum absolute atomic E-state index is 11.7. The maximum Gasteiger partial charge on any atom is 0.278 e. The minimum atomic E-state index is -2.00. The van der Waals surface area contributed by atoms with Crippen molar-refractivity contribution in [2.24, 2.45) is 0 Å². The fourth-order valence-electron chi connectivity index (χ4n) is 2.25. The van der Waals surface area contributed by atoms with Gasteiger partial charge in [0.15, 0.2) is 0 Å². The number of rotatable bonds is 5. The van der Waals surface area contributed by atoms with Gasteiger partial charge in [-0.25, -0.2) is 4.98 Å². The summed E-state index contributed by atoms with van der Waals surface area (Å²) in [6.45, 7) is 5.59. The molecule has 0 radical (unpaired) electrons. The Labute approximate surface area is 127 Å². The van der Waals surface area contributed by atoms with Crippen molar-refractivity contribution in [1.29, 1.82) is 0 Å². The van der Waals surface area contributed by atoms with Crippen molar-refractivity contribution in [3.05, 3.63) is 10.4 Å². The van der Waals surface area contributed by atoms with E-state index in [2.05, 4.69) is 20.0 Å². The van der Waals surface area contributed by atoms with Crippen LogP contribution >= 0.6 is 18.5 Å². The molecule has 0 bridgehead atoms. The Bertz CT molecular complexity index is 657. The Balaban J connectivity index is 1.69. The molecule has 1 saturated heterocycles. The van der Waals surface area contributed by atoms with Crippen LogP contribution in [0.25, 0.3) is 11.6 Å². The van der Waals surface area contributed by atoms with Gasteiger partial charge < -0.3 is 14.0 Å². The molecular formula is C13H19N4O2PS. The number of hydrogen-bond acceptors (Lipinski definition) is 7. The Morgan fingerprint density at radius 2 is 2.10 bits per heavy atom. The van der Waals surface area contributed by atoms with Crippen molar-refractivity contribution in [2.75, 3.05) is 37.5 Å². The van der Waals surface area contributed by atoms with Crippen molar-refractivity contribution in [3.63, 3.8) is 0 Å². The van der Waals surface area contributed by atoms with E-state index in [-0.39, 0.29) is 0 Å². The van der Waals surface area contributed by atoms with E-state index in [4.69, 9.17) is 4.52 Å². The van der Waals surface area contributed by atoms with Gasteiger partial charge in [0.05, 0.1) is 12.1 Å². The smallest absolute Gasteiger partial charge is 0.278 e. The number of nitrogens with zero attached hydrogens (tertiary/aromatic N) is 4. The lowest BCUT2D eigenvalue weighted by atomic mass is 10.4. The molecule has 1 aliphatic heterocycles. The van der Waals surface area contributed by atoms with Gasteiger partial charge >= 0.3 is 0 Å². The molecule has 114 valence electrons. The second-order valence-corrected chi connectivity index (χ2v) is 10.3. The van der Waals surface area contributed by atoms with Crippen LogP contribution in [0.5, 0.6) is 0 Å². The van der Waals surface area contributed by atoms with E-state index in [0.29, 0.717) is 18.0 Å². The van der Waals surface area contributed by atoms with Crippen molar-refractivity contribution < 1.29 is 9.09 Å². The minimum absolute atomic E-state index is 0.468. The molecule has 0 atom stereocenters. The fraction of sp³-hybridized carbons (Fsp3) is 0.615. The monoisotopic (exact) mass is 326 g/mol. The minimum Gasteiger partial charge on any atom is -0.338 e. The molecule has 0 aromatic carbocycles. The highest BCUT2D eigenvalue weighted by Gasteiger charge is 2.20. The van der Waals surface area contributed by atoms with Crippen LogP contribution in [0.4, 0.5) is 5.95 Å². The average Bonchev–Trinajstić information content (AvgIpc) is 3.15. The first-order valence-electron chi connectivity index (χ1n) is 7.09. The largest absolute Gasteiger partial charge is 0.338 e. The van der Waals surface area contributed by atoms with E-state index >= 15 is 0 Å². The third-order valence-electron chi connectivity index (χ3n) is 3.44. The number of hydrogen-bond donors (Lipinski definition) is 0. The third kappa shape index (κ3) is 3.71. The summed E-state index contributed by atoms with van der Waals surface area (Å²) in [6.07, 6.45) is 3.78. The molecule has 3 rings (SSSR count). The molecule has 2 aromatic rings. The molecule has 21 heavy (non-hydrogen) atoms. The van der Waals surface area contributed by atoms with E-state index in [0.717, 1.165) is 30.2 Å². The molecule has 8 heteroatoms. The second kappa shape index (κ2) is 5.89. The van der Waals surface area contributed by atoms with Crippen LogP contribution in [0.2, 0.25) is 0 Å². The summed E-state index contributed by atoms with van der Waals surface area (Å²) in [5, 5.41) is 6.92. The van der Waals surface area contributed by atoms with Gasteiger partial charge in [-0.2, -0.15) is 4.98 Å². The Morgan fingerprint density at radius 1 is 1.33 bits per heavy atom. The molecule has 0 N–H and O–H groups in total. The molecule has 2 aromatic heterocycles. The van der Waals surface area contributed by atoms with Crippen molar-refractivity contribution in [3.8, 4) is 11.6 Å². The summed E-state index contributed by atoms with van der Waals surface area (Å²) in [7, 11) is -2.00. The van der Waals surface area contributed by atoms with E-state index in [1.54, 1.807) is 11.3 Å². The van der Waals surface area contributed by atoms with Gasteiger partial charge in [-0.1, -0.05) is 0 Å². The van der Waals surface area contributed by atoms with Gasteiger partial charge in [-0.15, -0.1) is 11.3 Å². The van der Waals surface area contributed by atoms with Crippen LogP contribution in [-0.4, -0.2) is 47.7 Å². The summed E-state index contributed by atoms with van der Waals surface area (Å²) >= 11 is 1.55. The van der Waals surface area contributed by atoms with Crippen LogP contribution < -0.4 is 4.90 Å². The molecule has 1 fully saturated rings. The van der Waals surface area contributed by atoms with Gasteiger partial charge in [-0.3, -0.25) is 0 Å². The highest BCUT2D eigenvalue weighted by atomic mass is 32.1. The van der Waals surface area contributed by atoms with E-state index in [9.17, 15) is 4.57 Å². The Kier molecular flexibility index (Phi) is 4.13. The van der Waals surface area contributed by atoms with Gasteiger partial charge in [0.1, 0.15) is 5.69 Å². The van der Waals surface area contributed by atoms with E-state index < -0.39 is 7.14 Å². The van der Waals surface area contributed by atoms with Crippen LogP contribution in [0.3, 0.4) is 0 Å². The summed E-state index contributed by atoms with van der Waals surface area (Å²) in [5.41, 5.74) is 0.718. The van der Waals surface area contributed by atoms with Crippen molar-refractivity contribution in [1.82, 2.24) is 15.1 Å². The SMILES string of the molecule is CP(C)(=O)CCc1nc(-c2nc(N3CCCC3)no2)cs1. The predicted octanol–water partition coefficient (Wildman–Crippen LogP) is 2.96. The Morgan fingerprint density at radius 3 is 2.81 bits per heavy atom. The van der Waals surface area contributed by atoms with Crippen molar-refractivity contribution in [2.45, 2.75) is 19.3 Å². The maximum atomic E-state index is 11.7. The van der Waals surface area contributed by atoms with Gasteiger partial charge in [-0.05, 0) is 31.3 Å². The topological polar surface area (TPSA) is 72.1 Å². The van der Waals surface area contributed by atoms with Crippen molar-refractivity contribution >= 4 is 24.4 Å². The molecular weight excluding hydrogens is 307 g/mol. The highest BCUT2D eigenvalue weighted by molar-refractivity contribution is 7.62. The lowest BCUT2D eigenvalue weighted by Gasteiger charge is -2.09. The normalized spacial score (nSPS) is 15.8.